The van der Waals surface area contributed by atoms with E-state index < -0.39 is 11.9 Å². The van der Waals surface area contributed by atoms with Crippen LogP contribution in [0.1, 0.15) is 45.7 Å². The molecule has 180 valence electrons. The Morgan fingerprint density at radius 1 is 0.857 bits per heavy atom. The number of hydrogen-bond donors (Lipinski definition) is 1. The van der Waals surface area contributed by atoms with Gasteiger partial charge in [-0.05, 0) is 42.8 Å². The summed E-state index contributed by atoms with van der Waals surface area (Å²) in [5, 5.41) is 3.00. The molecule has 0 spiro atoms. The molecule has 2 amide bonds. The molecule has 1 atom stereocenters. The Balaban J connectivity index is 1.41. The van der Waals surface area contributed by atoms with Crippen LogP contribution < -0.4 is 10.2 Å². The fourth-order valence-electron chi connectivity index (χ4n) is 4.25. The number of amides is 2. The maximum Gasteiger partial charge on any atom is 0.251 e. The van der Waals surface area contributed by atoms with E-state index in [1.165, 1.54) is 13.0 Å². The predicted octanol–water partition coefficient (Wildman–Crippen LogP) is 4.24. The van der Waals surface area contributed by atoms with Crippen LogP contribution in [0, 0.1) is 5.82 Å². The average molecular weight is 474 g/mol. The molecular formula is C28H28FN3O3. The summed E-state index contributed by atoms with van der Waals surface area (Å²) < 4.78 is 14.6. The average Bonchev–Trinajstić information content (AvgIpc) is 2.89. The fourth-order valence-corrected chi connectivity index (χ4v) is 4.25. The van der Waals surface area contributed by atoms with Crippen LogP contribution >= 0.6 is 0 Å². The van der Waals surface area contributed by atoms with Crippen molar-refractivity contribution in [1.29, 1.82) is 0 Å². The van der Waals surface area contributed by atoms with Gasteiger partial charge in [-0.2, -0.15) is 0 Å². The number of carbonyl (C=O) groups is 3. The van der Waals surface area contributed by atoms with Gasteiger partial charge in [0.2, 0.25) is 5.91 Å². The molecule has 0 saturated carbocycles. The van der Waals surface area contributed by atoms with Crippen LogP contribution in [0.25, 0.3) is 0 Å². The highest BCUT2D eigenvalue weighted by Gasteiger charge is 2.26. The van der Waals surface area contributed by atoms with E-state index in [-0.39, 0.29) is 24.0 Å². The summed E-state index contributed by atoms with van der Waals surface area (Å²) in [6.45, 7) is 3.26. The first-order valence-electron chi connectivity index (χ1n) is 11.7. The number of anilines is 1. The summed E-state index contributed by atoms with van der Waals surface area (Å²) in [5.74, 6) is -0.927. The van der Waals surface area contributed by atoms with Crippen molar-refractivity contribution in [3.63, 3.8) is 0 Å². The second-order valence-corrected chi connectivity index (χ2v) is 8.60. The lowest BCUT2D eigenvalue weighted by Gasteiger charge is -2.37. The SMILES string of the molecule is CC(=O)c1ccc(N2CCN(C(=O)C[C@@H](NC(=O)c3ccccc3)c3ccccc3)CC2)c(F)c1. The normalized spacial score (nSPS) is 14.3. The number of nitrogens with zero attached hydrogens (tertiary/aromatic N) is 2. The molecule has 1 aliphatic heterocycles. The summed E-state index contributed by atoms with van der Waals surface area (Å²) in [7, 11) is 0. The van der Waals surface area contributed by atoms with Gasteiger partial charge in [0.1, 0.15) is 5.82 Å². The van der Waals surface area contributed by atoms with Crippen LogP contribution in [-0.2, 0) is 4.79 Å². The number of carbonyl (C=O) groups excluding carboxylic acids is 3. The fraction of sp³-hybridized carbons (Fsp3) is 0.250. The van der Waals surface area contributed by atoms with E-state index in [1.54, 1.807) is 41.3 Å². The molecule has 1 fully saturated rings. The van der Waals surface area contributed by atoms with Gasteiger partial charge in [-0.25, -0.2) is 4.39 Å². The topological polar surface area (TPSA) is 69.7 Å². The van der Waals surface area contributed by atoms with Crippen molar-refractivity contribution in [1.82, 2.24) is 10.2 Å². The van der Waals surface area contributed by atoms with Gasteiger partial charge in [0.05, 0.1) is 18.2 Å². The van der Waals surface area contributed by atoms with Crippen LogP contribution in [0.2, 0.25) is 0 Å². The van der Waals surface area contributed by atoms with Crippen LogP contribution in [0.5, 0.6) is 0 Å². The van der Waals surface area contributed by atoms with E-state index in [9.17, 15) is 18.8 Å². The minimum absolute atomic E-state index is 0.0701. The van der Waals surface area contributed by atoms with E-state index in [2.05, 4.69) is 5.32 Å². The molecule has 1 heterocycles. The van der Waals surface area contributed by atoms with E-state index in [4.69, 9.17) is 0 Å². The third-order valence-electron chi connectivity index (χ3n) is 6.25. The molecule has 0 unspecified atom stereocenters. The number of rotatable bonds is 7. The van der Waals surface area contributed by atoms with Crippen LogP contribution in [-0.4, -0.2) is 48.7 Å². The minimum atomic E-state index is -0.467. The Hall–Kier alpha value is -4.00. The molecule has 4 rings (SSSR count). The first-order valence-corrected chi connectivity index (χ1v) is 11.7. The third kappa shape index (κ3) is 5.93. The summed E-state index contributed by atoms with van der Waals surface area (Å²) in [5.41, 5.74) is 2.16. The van der Waals surface area contributed by atoms with Gasteiger partial charge in [-0.1, -0.05) is 48.5 Å². The number of hydrogen-bond acceptors (Lipinski definition) is 4. The Kier molecular flexibility index (Phi) is 7.55. The molecule has 6 nitrogen and oxygen atoms in total. The zero-order valence-electron chi connectivity index (χ0n) is 19.6. The number of benzene rings is 3. The van der Waals surface area contributed by atoms with E-state index in [0.717, 1.165) is 5.56 Å². The lowest BCUT2D eigenvalue weighted by Crippen LogP contribution is -2.49. The quantitative estimate of drug-likeness (QED) is 0.521. The second-order valence-electron chi connectivity index (χ2n) is 8.60. The largest absolute Gasteiger partial charge is 0.366 e. The monoisotopic (exact) mass is 473 g/mol. The second kappa shape index (κ2) is 11.0. The number of nitrogens with one attached hydrogen (secondary N) is 1. The summed E-state index contributed by atoms with van der Waals surface area (Å²) in [6, 6.07) is 22.4. The smallest absolute Gasteiger partial charge is 0.251 e. The zero-order valence-corrected chi connectivity index (χ0v) is 19.6. The maximum absolute atomic E-state index is 14.6. The standard InChI is InChI=1S/C28H28FN3O3/c1-20(33)23-12-13-26(24(29)18-23)31-14-16-32(17-15-31)27(34)19-25(21-8-4-2-5-9-21)30-28(35)22-10-6-3-7-11-22/h2-13,18,25H,14-17,19H2,1H3,(H,30,35)/t25-/m1/s1. The Morgan fingerprint density at radius 3 is 2.09 bits per heavy atom. The highest BCUT2D eigenvalue weighted by molar-refractivity contribution is 5.95. The molecular weight excluding hydrogens is 445 g/mol. The van der Waals surface area contributed by atoms with Crippen molar-refractivity contribution in [2.24, 2.45) is 0 Å². The van der Waals surface area contributed by atoms with E-state index >= 15 is 0 Å². The molecule has 0 aliphatic carbocycles. The molecule has 1 saturated heterocycles. The van der Waals surface area contributed by atoms with Gasteiger partial charge in [-0.15, -0.1) is 0 Å². The van der Waals surface area contributed by atoms with Gasteiger partial charge in [0.25, 0.3) is 5.91 Å². The molecule has 1 N–H and O–H groups in total. The van der Waals surface area contributed by atoms with Crippen LogP contribution in [0.4, 0.5) is 10.1 Å². The van der Waals surface area contributed by atoms with Crippen LogP contribution in [0.3, 0.4) is 0 Å². The first kappa shape index (κ1) is 24.1. The summed E-state index contributed by atoms with van der Waals surface area (Å²) >= 11 is 0. The van der Waals surface area contributed by atoms with Crippen molar-refractivity contribution in [2.45, 2.75) is 19.4 Å². The number of ketones is 1. The Bertz CT molecular complexity index is 1190. The van der Waals surface area contributed by atoms with E-state index in [0.29, 0.717) is 43.0 Å². The van der Waals surface area contributed by atoms with Gasteiger partial charge >= 0.3 is 0 Å². The van der Waals surface area contributed by atoms with Crippen molar-refractivity contribution >= 4 is 23.3 Å². The van der Waals surface area contributed by atoms with Gasteiger partial charge in [0.15, 0.2) is 5.78 Å². The number of Topliss-reactive ketones (excluding diaryl/α,β-unsaturated/α-hetero) is 1. The summed E-state index contributed by atoms with van der Waals surface area (Å²) in [6.07, 6.45) is 0.129. The number of piperazine rings is 1. The van der Waals surface area contributed by atoms with Crippen molar-refractivity contribution in [3.05, 3.63) is 101 Å². The highest BCUT2D eigenvalue weighted by atomic mass is 19.1. The molecule has 3 aromatic carbocycles. The van der Waals surface area contributed by atoms with E-state index in [1.807, 2.05) is 41.3 Å². The van der Waals surface area contributed by atoms with Crippen LogP contribution in [0.15, 0.2) is 78.9 Å². The van der Waals surface area contributed by atoms with Gasteiger partial charge < -0.3 is 15.1 Å². The lowest BCUT2D eigenvalue weighted by molar-refractivity contribution is -0.132. The van der Waals surface area contributed by atoms with Gasteiger partial charge in [0, 0.05) is 37.3 Å². The molecule has 0 bridgehead atoms. The third-order valence-corrected chi connectivity index (χ3v) is 6.25. The van der Waals surface area contributed by atoms with Gasteiger partial charge in [-0.3, -0.25) is 14.4 Å². The molecule has 3 aromatic rings. The van der Waals surface area contributed by atoms with Crippen molar-refractivity contribution < 1.29 is 18.8 Å². The molecule has 0 aromatic heterocycles. The highest BCUT2D eigenvalue weighted by Crippen LogP contribution is 2.24. The lowest BCUT2D eigenvalue weighted by atomic mass is 10.0. The molecule has 1 aliphatic rings. The Labute approximate surface area is 204 Å². The molecule has 0 radical (unpaired) electrons. The zero-order chi connectivity index (χ0) is 24.8. The molecule has 35 heavy (non-hydrogen) atoms. The number of halogens is 1. The summed E-state index contributed by atoms with van der Waals surface area (Å²) in [4.78, 5) is 41.1. The minimum Gasteiger partial charge on any atom is -0.366 e. The van der Waals surface area contributed by atoms with Crippen molar-refractivity contribution in [2.75, 3.05) is 31.1 Å². The van der Waals surface area contributed by atoms with Crippen molar-refractivity contribution in [3.8, 4) is 0 Å². The maximum atomic E-state index is 14.6. The first-order chi connectivity index (χ1) is 16.9. The predicted molar refractivity (Wildman–Crippen MR) is 133 cm³/mol. The Morgan fingerprint density at radius 2 is 1.49 bits per heavy atom. The molecule has 7 heteroatoms.